The van der Waals surface area contributed by atoms with E-state index in [0.29, 0.717) is 40.5 Å². The van der Waals surface area contributed by atoms with E-state index in [4.69, 9.17) is 42.8 Å². The van der Waals surface area contributed by atoms with Crippen molar-refractivity contribution < 1.29 is 28.2 Å². The Hall–Kier alpha value is -3.50. The number of nitrogens with zero attached hydrogens (tertiary/aromatic N) is 1. The molecule has 0 aromatic heterocycles. The molecule has 0 bridgehead atoms. The maximum absolute atomic E-state index is 13.8. The van der Waals surface area contributed by atoms with Gasteiger partial charge in [-0.05, 0) is 54.1 Å². The second-order valence-corrected chi connectivity index (χ2v) is 9.88. The van der Waals surface area contributed by atoms with Crippen molar-refractivity contribution in [1.29, 1.82) is 0 Å². The summed E-state index contributed by atoms with van der Waals surface area (Å²) >= 11 is 12.7. The Bertz CT molecular complexity index is 1380. The second-order valence-electron chi connectivity index (χ2n) is 9.03. The number of hydrazine groups is 1. The van der Waals surface area contributed by atoms with Gasteiger partial charge >= 0.3 is 0 Å². The highest BCUT2D eigenvalue weighted by atomic mass is 35.5. The number of aliphatic imine (C=N–C) groups is 1. The van der Waals surface area contributed by atoms with E-state index in [2.05, 4.69) is 17.4 Å². The van der Waals surface area contributed by atoms with Crippen molar-refractivity contribution in [2.45, 2.75) is 31.0 Å². The molecule has 40 heavy (non-hydrogen) atoms. The van der Waals surface area contributed by atoms with Crippen LogP contribution in [0.3, 0.4) is 0 Å². The fraction of sp³-hybridized carbons (Fsp3) is 0.241. The monoisotopic (exact) mass is 589 g/mol. The third-order valence-corrected chi connectivity index (χ3v) is 6.71. The Morgan fingerprint density at radius 1 is 1.12 bits per heavy atom. The zero-order chi connectivity index (χ0) is 28.7. The predicted octanol–water partition coefficient (Wildman–Crippen LogP) is 5.69. The fourth-order valence-corrected chi connectivity index (χ4v) is 4.78. The Balaban J connectivity index is 1.64. The highest BCUT2D eigenvalue weighted by Crippen LogP contribution is 2.45. The lowest BCUT2D eigenvalue weighted by Gasteiger charge is -2.30. The summed E-state index contributed by atoms with van der Waals surface area (Å²) in [5, 5.41) is 9.65. The van der Waals surface area contributed by atoms with E-state index in [1.807, 2.05) is 0 Å². The zero-order valence-electron chi connectivity index (χ0n) is 21.3. The summed E-state index contributed by atoms with van der Waals surface area (Å²) in [5.41, 5.74) is 5.15. The third-order valence-electron chi connectivity index (χ3n) is 6.15. The van der Waals surface area contributed by atoms with Crippen LogP contribution in [0.5, 0.6) is 5.75 Å². The topological polar surface area (TPSA) is 92.2 Å². The largest absolute Gasteiger partial charge is 0.494 e. The number of amides is 1. The van der Waals surface area contributed by atoms with Crippen LogP contribution in [-0.4, -0.2) is 35.7 Å². The number of ether oxygens (including phenoxy) is 2. The number of benzene rings is 3. The van der Waals surface area contributed by atoms with Crippen LogP contribution in [0, 0.1) is 11.6 Å². The van der Waals surface area contributed by atoms with Crippen molar-refractivity contribution in [3.05, 3.63) is 112 Å². The number of hydrogen-bond acceptors (Lipinski definition) is 6. The van der Waals surface area contributed by atoms with Gasteiger partial charge in [-0.25, -0.2) is 19.2 Å². The molecule has 0 spiro atoms. The SMILES string of the molecule is C=CC[C@]1(C(=O)NNCc2cc(F)cc(F)c2)N=C(c2ccc(OCCCO)cc2)O[C@H]1c1ccc(Cl)cc1Cl. The molecule has 0 unspecified atom stereocenters. The molecule has 2 atom stereocenters. The summed E-state index contributed by atoms with van der Waals surface area (Å²) in [5.74, 6) is -1.23. The molecule has 3 aromatic rings. The van der Waals surface area contributed by atoms with Gasteiger partial charge < -0.3 is 14.6 Å². The third kappa shape index (κ3) is 6.79. The van der Waals surface area contributed by atoms with E-state index in [9.17, 15) is 13.6 Å². The summed E-state index contributed by atoms with van der Waals surface area (Å²) < 4.78 is 39.1. The molecule has 7 nitrogen and oxygen atoms in total. The Morgan fingerprint density at radius 2 is 1.85 bits per heavy atom. The molecule has 0 saturated carbocycles. The van der Waals surface area contributed by atoms with Gasteiger partial charge in [0, 0.05) is 53.2 Å². The average Bonchev–Trinajstić information content (AvgIpc) is 3.29. The smallest absolute Gasteiger partial charge is 0.266 e. The number of hydrogen-bond donors (Lipinski definition) is 3. The highest BCUT2D eigenvalue weighted by Gasteiger charge is 2.53. The van der Waals surface area contributed by atoms with E-state index >= 15 is 0 Å². The minimum absolute atomic E-state index is 0.0266. The fourth-order valence-electron chi connectivity index (χ4n) is 4.27. The molecule has 0 saturated heterocycles. The molecule has 1 amide bonds. The molecule has 11 heteroatoms. The molecule has 0 aliphatic carbocycles. The number of aliphatic hydroxyl groups excluding tert-OH is 1. The van der Waals surface area contributed by atoms with Crippen LogP contribution in [-0.2, 0) is 16.1 Å². The van der Waals surface area contributed by atoms with Gasteiger partial charge in [-0.3, -0.25) is 10.2 Å². The summed E-state index contributed by atoms with van der Waals surface area (Å²) in [7, 11) is 0. The van der Waals surface area contributed by atoms with E-state index in [1.165, 1.54) is 0 Å². The normalized spacial score (nSPS) is 18.1. The number of aliphatic hydroxyl groups is 1. The van der Waals surface area contributed by atoms with Crippen molar-refractivity contribution in [1.82, 2.24) is 10.9 Å². The summed E-state index contributed by atoms with van der Waals surface area (Å²) in [6.07, 6.45) is 1.17. The Kier molecular flexibility index (Phi) is 9.76. The molecule has 1 heterocycles. The van der Waals surface area contributed by atoms with Gasteiger partial charge in [0.1, 0.15) is 17.4 Å². The van der Waals surface area contributed by atoms with Gasteiger partial charge in [0.25, 0.3) is 5.91 Å². The first-order chi connectivity index (χ1) is 19.3. The number of carbonyl (C=O) groups excluding carboxylic acids is 1. The van der Waals surface area contributed by atoms with E-state index < -0.39 is 29.2 Å². The van der Waals surface area contributed by atoms with Gasteiger partial charge in [0.15, 0.2) is 11.6 Å². The van der Waals surface area contributed by atoms with Crippen LogP contribution >= 0.6 is 23.2 Å². The predicted molar refractivity (Wildman–Crippen MR) is 149 cm³/mol. The molecular weight excluding hydrogens is 563 g/mol. The van der Waals surface area contributed by atoms with Crippen molar-refractivity contribution >= 4 is 35.0 Å². The standard InChI is InChI=1S/C29H27Cl2F2N3O4/c1-2-10-29(28(38)36-34-17-18-13-21(32)16-22(33)14-18)26(24-9-6-20(30)15-25(24)31)40-27(35-29)19-4-7-23(8-5-19)39-12-3-11-37/h2,4-9,13-16,26,34,37H,1,3,10-12,17H2,(H,36,38)/t26-,29-/m0/s1. The minimum Gasteiger partial charge on any atom is -0.494 e. The van der Waals surface area contributed by atoms with Crippen molar-refractivity contribution in [3.8, 4) is 5.75 Å². The van der Waals surface area contributed by atoms with E-state index in [1.54, 1.807) is 48.5 Å². The van der Waals surface area contributed by atoms with Crippen LogP contribution in [0.25, 0.3) is 0 Å². The van der Waals surface area contributed by atoms with E-state index in [-0.39, 0.29) is 30.5 Å². The highest BCUT2D eigenvalue weighted by molar-refractivity contribution is 6.35. The quantitative estimate of drug-likeness (QED) is 0.143. The number of carbonyl (C=O) groups is 1. The zero-order valence-corrected chi connectivity index (χ0v) is 22.8. The maximum atomic E-state index is 13.8. The van der Waals surface area contributed by atoms with Gasteiger partial charge in [-0.15, -0.1) is 6.58 Å². The Labute approximate surface area is 240 Å². The Morgan fingerprint density at radius 3 is 2.50 bits per heavy atom. The lowest BCUT2D eigenvalue weighted by molar-refractivity contribution is -0.129. The summed E-state index contributed by atoms with van der Waals surface area (Å²) in [6, 6.07) is 14.9. The molecule has 4 rings (SSSR count). The first-order valence-corrected chi connectivity index (χ1v) is 13.2. The molecule has 210 valence electrons. The molecule has 0 fully saturated rings. The van der Waals surface area contributed by atoms with Gasteiger partial charge in [-0.1, -0.05) is 35.3 Å². The van der Waals surface area contributed by atoms with Crippen LogP contribution in [0.15, 0.2) is 78.3 Å². The van der Waals surface area contributed by atoms with Crippen molar-refractivity contribution in [3.63, 3.8) is 0 Å². The molecule has 1 aliphatic rings. The molecule has 0 radical (unpaired) electrons. The lowest BCUT2D eigenvalue weighted by atomic mass is 9.84. The van der Waals surface area contributed by atoms with Gasteiger partial charge in [0.2, 0.25) is 5.90 Å². The van der Waals surface area contributed by atoms with Gasteiger partial charge in [0.05, 0.1) is 6.61 Å². The summed E-state index contributed by atoms with van der Waals surface area (Å²) in [4.78, 5) is 18.5. The van der Waals surface area contributed by atoms with Crippen LogP contribution in [0.1, 0.15) is 35.6 Å². The van der Waals surface area contributed by atoms with Gasteiger partial charge in [-0.2, -0.15) is 0 Å². The molecular formula is C29H27Cl2F2N3O4. The van der Waals surface area contributed by atoms with Crippen molar-refractivity contribution in [2.75, 3.05) is 13.2 Å². The molecule has 3 aromatic carbocycles. The molecule has 1 aliphatic heterocycles. The first-order valence-electron chi connectivity index (χ1n) is 12.4. The second kappa shape index (κ2) is 13.2. The molecule has 3 N–H and O–H groups in total. The lowest BCUT2D eigenvalue weighted by Crippen LogP contribution is -2.52. The first kappa shape index (κ1) is 29.5. The minimum atomic E-state index is -1.54. The number of halogens is 4. The van der Waals surface area contributed by atoms with Crippen LogP contribution in [0.4, 0.5) is 8.78 Å². The van der Waals surface area contributed by atoms with E-state index in [0.717, 1.165) is 18.2 Å². The summed E-state index contributed by atoms with van der Waals surface area (Å²) in [6.45, 7) is 4.15. The number of rotatable bonds is 12. The number of nitrogens with one attached hydrogen (secondary N) is 2. The van der Waals surface area contributed by atoms with Crippen molar-refractivity contribution in [2.24, 2.45) is 4.99 Å². The maximum Gasteiger partial charge on any atom is 0.266 e. The average molecular weight is 590 g/mol. The van der Waals surface area contributed by atoms with Crippen LogP contribution in [0.2, 0.25) is 10.0 Å². The van der Waals surface area contributed by atoms with Crippen LogP contribution < -0.4 is 15.6 Å².